The third-order valence-electron chi connectivity index (χ3n) is 4.39. The minimum absolute atomic E-state index is 0.120. The average Bonchev–Trinajstić information content (AvgIpc) is 2.86. The van der Waals surface area contributed by atoms with Crippen molar-refractivity contribution in [2.45, 2.75) is 24.6 Å². The Morgan fingerprint density at radius 2 is 1.96 bits per heavy atom. The monoisotopic (exact) mass is 463 g/mol. The number of aromatic nitrogens is 1. The van der Waals surface area contributed by atoms with Crippen LogP contribution in [0.5, 0.6) is 0 Å². The maximum atomic E-state index is 13.3. The zero-order valence-electron chi connectivity index (χ0n) is 13.9. The molecule has 0 spiro atoms. The second-order valence-corrected chi connectivity index (χ2v) is 7.51. The Bertz CT molecular complexity index is 1040. The molecule has 3 rings (SSSR count). The van der Waals surface area contributed by atoms with Crippen molar-refractivity contribution in [3.63, 3.8) is 0 Å². The van der Waals surface area contributed by atoms with E-state index >= 15 is 0 Å². The number of aliphatic hydroxyl groups is 1. The van der Waals surface area contributed by atoms with E-state index in [0.717, 1.165) is 0 Å². The Hall–Kier alpha value is -1.77. The number of aliphatic hydroxyl groups excluding tert-OH is 1. The first kappa shape index (κ1) is 20.0. The van der Waals surface area contributed by atoms with Crippen LogP contribution in [0.3, 0.4) is 0 Å². The van der Waals surface area contributed by atoms with Crippen LogP contribution in [-0.2, 0) is 13.5 Å². The molecule has 1 N–H and O–H groups in total. The van der Waals surface area contributed by atoms with Gasteiger partial charge in [-0.25, -0.2) is 4.79 Å². The van der Waals surface area contributed by atoms with Gasteiger partial charge in [-0.3, -0.25) is 4.57 Å². The van der Waals surface area contributed by atoms with Crippen LogP contribution in [0, 0.1) is 0 Å². The molecule has 0 aliphatic heterocycles. The predicted octanol–water partition coefficient (Wildman–Crippen LogP) is 4.80. The summed E-state index contributed by atoms with van der Waals surface area (Å²) >= 11 is 9.35. The second kappa shape index (κ2) is 7.33. The zero-order chi connectivity index (χ0) is 19.9. The minimum Gasteiger partial charge on any atom is -0.408 e. The fraction of sp³-hybridized carbons (Fsp3) is 0.278. The summed E-state index contributed by atoms with van der Waals surface area (Å²) in [6, 6.07) is 9.16. The summed E-state index contributed by atoms with van der Waals surface area (Å²) in [7, 11) is 1.51. The summed E-state index contributed by atoms with van der Waals surface area (Å²) in [5.41, 5.74) is 1.48. The standard InChI is InChI=1S/C18H14BrClF3NO3/c1-24-14-7-9(2-5-15(14)27-17(24)26)6-12(16(25)18(21,22)23)11-4-3-10(19)8-13(11)20/h2-5,7-8,12,16,25H,6H2,1H3. The Labute approximate surface area is 165 Å². The van der Waals surface area contributed by atoms with Gasteiger partial charge in [0.15, 0.2) is 11.7 Å². The number of rotatable bonds is 4. The molecule has 9 heteroatoms. The number of hydrogen-bond donors (Lipinski definition) is 1. The Balaban J connectivity index is 2.05. The van der Waals surface area contributed by atoms with Crippen LogP contribution in [0.1, 0.15) is 17.0 Å². The van der Waals surface area contributed by atoms with Crippen molar-refractivity contribution >= 4 is 38.6 Å². The van der Waals surface area contributed by atoms with Gasteiger partial charge in [-0.15, -0.1) is 0 Å². The van der Waals surface area contributed by atoms with Gasteiger partial charge in [-0.2, -0.15) is 13.2 Å². The average molecular weight is 465 g/mol. The van der Waals surface area contributed by atoms with Gasteiger partial charge in [-0.05, 0) is 41.8 Å². The van der Waals surface area contributed by atoms with Crippen molar-refractivity contribution in [3.8, 4) is 0 Å². The van der Waals surface area contributed by atoms with Crippen LogP contribution < -0.4 is 5.76 Å². The molecule has 4 nitrogen and oxygen atoms in total. The topological polar surface area (TPSA) is 55.4 Å². The van der Waals surface area contributed by atoms with Crippen LogP contribution in [-0.4, -0.2) is 22.0 Å². The van der Waals surface area contributed by atoms with E-state index in [1.54, 1.807) is 18.2 Å². The number of halogens is 5. The lowest BCUT2D eigenvalue weighted by molar-refractivity contribution is -0.210. The number of nitrogens with zero attached hydrogens (tertiary/aromatic N) is 1. The minimum atomic E-state index is -4.81. The Morgan fingerprint density at radius 3 is 2.59 bits per heavy atom. The summed E-state index contributed by atoms with van der Waals surface area (Å²) < 4.78 is 46.7. The lowest BCUT2D eigenvalue weighted by Crippen LogP contribution is -2.35. The first-order valence-corrected chi connectivity index (χ1v) is 9.03. The van der Waals surface area contributed by atoms with Gasteiger partial charge in [0.25, 0.3) is 0 Å². The molecule has 1 aromatic heterocycles. The molecule has 0 aliphatic rings. The van der Waals surface area contributed by atoms with Crippen LogP contribution in [0.2, 0.25) is 5.02 Å². The SMILES string of the molecule is Cn1c(=O)oc2ccc(CC(c3ccc(Br)cc3Cl)C(O)C(F)(F)F)cc21. The molecular formula is C18H14BrClF3NO3. The normalized spacial score (nSPS) is 14.5. The van der Waals surface area contributed by atoms with Gasteiger partial charge in [0.1, 0.15) is 0 Å². The van der Waals surface area contributed by atoms with Crippen molar-refractivity contribution in [3.05, 3.63) is 67.6 Å². The quantitative estimate of drug-likeness (QED) is 0.604. The maximum absolute atomic E-state index is 13.3. The molecule has 0 bridgehead atoms. The smallest absolute Gasteiger partial charge is 0.408 e. The molecular weight excluding hydrogens is 451 g/mol. The fourth-order valence-corrected chi connectivity index (χ4v) is 3.79. The van der Waals surface area contributed by atoms with Gasteiger partial charge in [0.2, 0.25) is 0 Å². The summed E-state index contributed by atoms with van der Waals surface area (Å²) in [6.07, 6.45) is -7.54. The number of aryl methyl sites for hydroxylation is 1. The van der Waals surface area contributed by atoms with E-state index in [-0.39, 0.29) is 17.0 Å². The summed E-state index contributed by atoms with van der Waals surface area (Å²) in [6.45, 7) is 0. The number of oxazole rings is 1. The van der Waals surface area contributed by atoms with Crippen LogP contribution in [0.25, 0.3) is 11.1 Å². The molecule has 0 saturated carbocycles. The van der Waals surface area contributed by atoms with E-state index in [2.05, 4.69) is 15.9 Å². The number of fused-ring (bicyclic) bond motifs is 1. The van der Waals surface area contributed by atoms with Crippen LogP contribution >= 0.6 is 27.5 Å². The largest absolute Gasteiger partial charge is 0.419 e. The first-order valence-electron chi connectivity index (χ1n) is 7.86. The van der Waals surface area contributed by atoms with E-state index in [1.807, 2.05) is 0 Å². The van der Waals surface area contributed by atoms with E-state index < -0.39 is 24.0 Å². The third-order valence-corrected chi connectivity index (χ3v) is 5.21. The number of hydrogen-bond acceptors (Lipinski definition) is 3. The van der Waals surface area contributed by atoms with E-state index in [9.17, 15) is 23.1 Å². The van der Waals surface area contributed by atoms with E-state index in [0.29, 0.717) is 21.1 Å². The molecule has 0 amide bonds. The lowest BCUT2D eigenvalue weighted by atomic mass is 9.87. The van der Waals surface area contributed by atoms with Crippen molar-refractivity contribution < 1.29 is 22.7 Å². The molecule has 144 valence electrons. The fourth-order valence-electron chi connectivity index (χ4n) is 2.98. The van der Waals surface area contributed by atoms with Gasteiger partial charge in [0.05, 0.1) is 5.52 Å². The predicted molar refractivity (Wildman–Crippen MR) is 99.1 cm³/mol. The first-order chi connectivity index (χ1) is 12.6. The highest BCUT2D eigenvalue weighted by Crippen LogP contribution is 2.38. The van der Waals surface area contributed by atoms with E-state index in [1.165, 1.54) is 29.8 Å². The maximum Gasteiger partial charge on any atom is 0.419 e. The molecule has 0 saturated heterocycles. The third kappa shape index (κ3) is 4.07. The zero-order valence-corrected chi connectivity index (χ0v) is 16.3. The Morgan fingerprint density at radius 1 is 1.26 bits per heavy atom. The van der Waals surface area contributed by atoms with Gasteiger partial charge in [-0.1, -0.05) is 39.7 Å². The lowest BCUT2D eigenvalue weighted by Gasteiger charge is -2.26. The van der Waals surface area contributed by atoms with Crippen LogP contribution in [0.15, 0.2) is 50.1 Å². The molecule has 2 atom stereocenters. The highest BCUT2D eigenvalue weighted by molar-refractivity contribution is 9.10. The van der Waals surface area contributed by atoms with Crippen molar-refractivity contribution in [2.24, 2.45) is 7.05 Å². The van der Waals surface area contributed by atoms with Gasteiger partial charge >= 0.3 is 11.9 Å². The van der Waals surface area contributed by atoms with Gasteiger partial charge < -0.3 is 9.52 Å². The molecule has 0 fully saturated rings. The Kier molecular flexibility index (Phi) is 5.42. The number of alkyl halides is 3. The summed E-state index contributed by atoms with van der Waals surface area (Å²) in [4.78, 5) is 11.6. The summed E-state index contributed by atoms with van der Waals surface area (Å²) in [5, 5.41) is 10.1. The van der Waals surface area contributed by atoms with Crippen molar-refractivity contribution in [2.75, 3.05) is 0 Å². The number of benzene rings is 2. The van der Waals surface area contributed by atoms with Crippen molar-refractivity contribution in [1.29, 1.82) is 0 Å². The molecule has 2 aromatic carbocycles. The van der Waals surface area contributed by atoms with Crippen LogP contribution in [0.4, 0.5) is 13.2 Å². The molecule has 1 heterocycles. The second-order valence-electron chi connectivity index (χ2n) is 6.19. The highest BCUT2D eigenvalue weighted by Gasteiger charge is 2.44. The summed E-state index contributed by atoms with van der Waals surface area (Å²) in [5.74, 6) is -1.88. The molecule has 3 aromatic rings. The van der Waals surface area contributed by atoms with Gasteiger partial charge in [0, 0.05) is 22.5 Å². The van der Waals surface area contributed by atoms with Crippen molar-refractivity contribution in [1.82, 2.24) is 4.57 Å². The molecule has 27 heavy (non-hydrogen) atoms. The molecule has 0 radical (unpaired) electrons. The molecule has 2 unspecified atom stereocenters. The molecule has 0 aliphatic carbocycles. The van der Waals surface area contributed by atoms with E-state index in [4.69, 9.17) is 16.0 Å². The highest BCUT2D eigenvalue weighted by atomic mass is 79.9.